The number of hydrogen-bond acceptors (Lipinski definition) is 4. The molecule has 0 bridgehead atoms. The Morgan fingerprint density at radius 3 is 2.24 bits per heavy atom. The zero-order valence-electron chi connectivity index (χ0n) is 13.2. The molecule has 0 saturated carbocycles. The Kier molecular flexibility index (Phi) is 5.61. The van der Waals surface area contributed by atoms with Crippen molar-refractivity contribution in [2.45, 2.75) is 13.8 Å². The number of halogens is 2. The molecule has 0 radical (unpaired) electrons. The van der Waals surface area contributed by atoms with E-state index in [9.17, 15) is 19.7 Å². The molecule has 0 aliphatic rings. The summed E-state index contributed by atoms with van der Waals surface area (Å²) in [6.07, 6.45) is 0. The van der Waals surface area contributed by atoms with E-state index in [1.165, 1.54) is 12.1 Å². The van der Waals surface area contributed by atoms with Crippen LogP contribution in [0, 0.1) is 24.0 Å². The minimum atomic E-state index is -0.993. The first kappa shape index (κ1) is 18.7. The van der Waals surface area contributed by atoms with Crippen LogP contribution in [0.4, 0.5) is 17.1 Å². The first-order valence-corrected chi connectivity index (χ1v) is 7.77. The second kappa shape index (κ2) is 7.50. The molecule has 0 saturated heterocycles. The van der Waals surface area contributed by atoms with Gasteiger partial charge in [0.05, 0.1) is 15.6 Å². The third kappa shape index (κ3) is 4.46. The van der Waals surface area contributed by atoms with Gasteiger partial charge in [-0.05, 0) is 43.2 Å². The lowest BCUT2D eigenvalue weighted by molar-refractivity contribution is -0.384. The topological polar surface area (TPSA) is 101 Å². The van der Waals surface area contributed by atoms with Crippen molar-refractivity contribution in [1.29, 1.82) is 0 Å². The van der Waals surface area contributed by atoms with Crippen LogP contribution in [0.2, 0.25) is 10.0 Å². The van der Waals surface area contributed by atoms with E-state index < -0.39 is 16.7 Å². The molecule has 2 amide bonds. The number of hydrogen-bond donors (Lipinski definition) is 2. The van der Waals surface area contributed by atoms with Crippen LogP contribution in [0.5, 0.6) is 0 Å². The number of nitro benzene ring substituents is 1. The molecule has 0 fully saturated rings. The van der Waals surface area contributed by atoms with Crippen molar-refractivity contribution in [3.8, 4) is 0 Å². The molecule has 25 heavy (non-hydrogen) atoms. The summed E-state index contributed by atoms with van der Waals surface area (Å²) in [5, 5.41) is 15.8. The van der Waals surface area contributed by atoms with Crippen molar-refractivity contribution in [1.82, 2.24) is 0 Å². The summed E-state index contributed by atoms with van der Waals surface area (Å²) in [6, 6.07) is 7.14. The lowest BCUT2D eigenvalue weighted by atomic mass is 10.1. The van der Waals surface area contributed by atoms with E-state index in [-0.39, 0.29) is 16.4 Å². The maximum Gasteiger partial charge on any atom is 0.314 e. The standard InChI is InChI=1S/C16H13Cl2N3O4/c1-8-5-9(2)14(12(18)6-8)20-16(23)15(22)19-10-3-4-11(17)13(7-10)21(24)25/h3-7H,1-2H3,(H,19,22)(H,20,23). The van der Waals surface area contributed by atoms with Crippen LogP contribution >= 0.6 is 23.2 Å². The van der Waals surface area contributed by atoms with Gasteiger partial charge in [0.15, 0.2) is 0 Å². The molecule has 2 aromatic rings. The zero-order valence-corrected chi connectivity index (χ0v) is 14.7. The molecule has 2 N–H and O–H groups in total. The quantitative estimate of drug-likeness (QED) is 0.474. The molecule has 0 aromatic heterocycles. The number of rotatable bonds is 3. The van der Waals surface area contributed by atoms with Crippen LogP contribution in [0.1, 0.15) is 11.1 Å². The SMILES string of the molecule is Cc1cc(C)c(NC(=O)C(=O)Nc2ccc(Cl)c([N+](=O)[O-])c2)c(Cl)c1. The highest BCUT2D eigenvalue weighted by Crippen LogP contribution is 2.28. The normalized spacial score (nSPS) is 10.2. The zero-order chi connectivity index (χ0) is 18.7. The Hall–Kier alpha value is -2.64. The Bertz CT molecular complexity index is 861. The van der Waals surface area contributed by atoms with Crippen LogP contribution in [-0.4, -0.2) is 16.7 Å². The molecule has 0 heterocycles. The molecule has 9 heteroatoms. The summed E-state index contributed by atoms with van der Waals surface area (Å²) in [6.45, 7) is 3.60. The number of carbonyl (C=O) groups excluding carboxylic acids is 2. The Labute approximate surface area is 153 Å². The molecule has 0 atom stereocenters. The fraction of sp³-hybridized carbons (Fsp3) is 0.125. The fourth-order valence-electron chi connectivity index (χ4n) is 2.16. The largest absolute Gasteiger partial charge is 0.318 e. The number of benzene rings is 2. The highest BCUT2D eigenvalue weighted by molar-refractivity contribution is 6.45. The maximum absolute atomic E-state index is 12.1. The number of nitrogens with one attached hydrogen (secondary N) is 2. The molecule has 0 unspecified atom stereocenters. The van der Waals surface area contributed by atoms with E-state index in [1.807, 2.05) is 13.0 Å². The van der Waals surface area contributed by atoms with Gasteiger partial charge in [0.1, 0.15) is 5.02 Å². The van der Waals surface area contributed by atoms with E-state index >= 15 is 0 Å². The molecule has 2 rings (SSSR count). The van der Waals surface area contributed by atoms with Gasteiger partial charge in [-0.25, -0.2) is 0 Å². The van der Waals surface area contributed by atoms with E-state index in [4.69, 9.17) is 23.2 Å². The Morgan fingerprint density at radius 1 is 1.00 bits per heavy atom. The second-order valence-electron chi connectivity index (χ2n) is 5.27. The lowest BCUT2D eigenvalue weighted by Gasteiger charge is -2.11. The van der Waals surface area contributed by atoms with Crippen molar-refractivity contribution in [2.24, 2.45) is 0 Å². The fourth-order valence-corrected chi connectivity index (χ4v) is 2.72. The van der Waals surface area contributed by atoms with Gasteiger partial charge in [0, 0.05) is 11.8 Å². The summed E-state index contributed by atoms with van der Waals surface area (Å²) in [5.41, 5.74) is 1.64. The average Bonchev–Trinajstić information content (AvgIpc) is 2.52. The minimum absolute atomic E-state index is 0.0722. The molecule has 7 nitrogen and oxygen atoms in total. The number of amides is 2. The van der Waals surface area contributed by atoms with Crippen LogP contribution in [0.3, 0.4) is 0 Å². The predicted molar refractivity (Wildman–Crippen MR) is 96.3 cm³/mol. The molecule has 0 aliphatic carbocycles. The van der Waals surface area contributed by atoms with Gasteiger partial charge in [-0.2, -0.15) is 0 Å². The van der Waals surface area contributed by atoms with Crippen molar-refractivity contribution < 1.29 is 14.5 Å². The molecule has 0 aliphatic heterocycles. The smallest absolute Gasteiger partial charge is 0.314 e. The lowest BCUT2D eigenvalue weighted by Crippen LogP contribution is -2.29. The maximum atomic E-state index is 12.1. The van der Waals surface area contributed by atoms with E-state index in [1.54, 1.807) is 13.0 Å². The van der Waals surface area contributed by atoms with E-state index in [0.29, 0.717) is 16.3 Å². The minimum Gasteiger partial charge on any atom is -0.318 e. The molecule has 2 aromatic carbocycles. The van der Waals surface area contributed by atoms with Crippen molar-refractivity contribution in [3.05, 3.63) is 61.6 Å². The van der Waals surface area contributed by atoms with Gasteiger partial charge < -0.3 is 10.6 Å². The first-order valence-electron chi connectivity index (χ1n) is 7.02. The third-order valence-electron chi connectivity index (χ3n) is 3.28. The predicted octanol–water partition coefficient (Wildman–Crippen LogP) is 4.10. The van der Waals surface area contributed by atoms with Crippen molar-refractivity contribution >= 4 is 52.1 Å². The number of carbonyl (C=O) groups is 2. The van der Waals surface area contributed by atoms with E-state index in [0.717, 1.165) is 11.6 Å². The van der Waals surface area contributed by atoms with Crippen LogP contribution in [-0.2, 0) is 9.59 Å². The summed E-state index contributed by atoms with van der Waals surface area (Å²) >= 11 is 11.8. The number of nitrogens with zero attached hydrogens (tertiary/aromatic N) is 1. The Morgan fingerprint density at radius 2 is 1.64 bits per heavy atom. The van der Waals surface area contributed by atoms with Gasteiger partial charge in [0.2, 0.25) is 0 Å². The average molecular weight is 382 g/mol. The van der Waals surface area contributed by atoms with Gasteiger partial charge in [-0.1, -0.05) is 29.3 Å². The van der Waals surface area contributed by atoms with Gasteiger partial charge in [-0.3, -0.25) is 19.7 Å². The van der Waals surface area contributed by atoms with Crippen LogP contribution < -0.4 is 10.6 Å². The molecular weight excluding hydrogens is 369 g/mol. The summed E-state index contributed by atoms with van der Waals surface area (Å²) in [7, 11) is 0. The summed E-state index contributed by atoms with van der Waals surface area (Å²) < 4.78 is 0. The van der Waals surface area contributed by atoms with Crippen LogP contribution in [0.25, 0.3) is 0 Å². The number of nitro groups is 1. The number of anilines is 2. The molecule has 0 spiro atoms. The van der Waals surface area contributed by atoms with Gasteiger partial charge in [0.25, 0.3) is 5.69 Å². The second-order valence-corrected chi connectivity index (χ2v) is 6.08. The highest BCUT2D eigenvalue weighted by Gasteiger charge is 2.19. The summed E-state index contributed by atoms with van der Waals surface area (Å²) in [5.74, 6) is -1.95. The number of aryl methyl sites for hydroxylation is 2. The third-order valence-corrected chi connectivity index (χ3v) is 3.89. The van der Waals surface area contributed by atoms with Gasteiger partial charge >= 0.3 is 11.8 Å². The van der Waals surface area contributed by atoms with Crippen molar-refractivity contribution in [2.75, 3.05) is 10.6 Å². The van der Waals surface area contributed by atoms with Crippen LogP contribution in [0.15, 0.2) is 30.3 Å². The summed E-state index contributed by atoms with van der Waals surface area (Å²) in [4.78, 5) is 34.2. The first-order chi connectivity index (χ1) is 11.7. The van der Waals surface area contributed by atoms with Gasteiger partial charge in [-0.15, -0.1) is 0 Å². The Balaban J connectivity index is 2.15. The van der Waals surface area contributed by atoms with Crippen molar-refractivity contribution in [3.63, 3.8) is 0 Å². The monoisotopic (exact) mass is 381 g/mol. The van der Waals surface area contributed by atoms with E-state index in [2.05, 4.69) is 10.6 Å². The molecule has 130 valence electrons. The highest BCUT2D eigenvalue weighted by atomic mass is 35.5. The molecular formula is C16H13Cl2N3O4.